The topological polar surface area (TPSA) is 65.1 Å². The van der Waals surface area contributed by atoms with E-state index in [9.17, 15) is 9.59 Å². The van der Waals surface area contributed by atoms with E-state index in [1.807, 2.05) is 10.6 Å². The van der Waals surface area contributed by atoms with Crippen LogP contribution in [0, 0.1) is 0 Å². The highest BCUT2D eigenvalue weighted by molar-refractivity contribution is 6.35. The van der Waals surface area contributed by atoms with Gasteiger partial charge in [-0.1, -0.05) is 35.7 Å². The maximum Gasteiger partial charge on any atom is 0.332 e. The van der Waals surface area contributed by atoms with Crippen molar-refractivity contribution in [1.82, 2.24) is 23.6 Å². The number of imidazole rings is 1. The number of rotatable bonds is 4. The van der Waals surface area contributed by atoms with Crippen LogP contribution in [0.1, 0.15) is 37.6 Å². The summed E-state index contributed by atoms with van der Waals surface area (Å²) < 4.78 is 4.45. The zero-order chi connectivity index (χ0) is 21.6. The highest BCUT2D eigenvalue weighted by Crippen LogP contribution is 2.25. The smallest absolute Gasteiger partial charge is 0.316 e. The fourth-order valence-electron chi connectivity index (χ4n) is 4.18. The van der Waals surface area contributed by atoms with E-state index in [2.05, 4.69) is 11.8 Å². The first-order valence-electron chi connectivity index (χ1n) is 10.1. The number of piperidine rings is 1. The first-order valence-corrected chi connectivity index (χ1v) is 10.9. The zero-order valence-electron chi connectivity index (χ0n) is 17.4. The minimum absolute atomic E-state index is 0.358. The summed E-state index contributed by atoms with van der Waals surface area (Å²) in [6.45, 7) is 4.19. The quantitative estimate of drug-likeness (QED) is 0.613. The van der Waals surface area contributed by atoms with Crippen LogP contribution in [0.25, 0.3) is 11.2 Å². The second-order valence-corrected chi connectivity index (χ2v) is 8.89. The second-order valence-electron chi connectivity index (χ2n) is 8.04. The van der Waals surface area contributed by atoms with Crippen LogP contribution in [0.5, 0.6) is 0 Å². The first kappa shape index (κ1) is 21.2. The SMILES string of the molecule is C[C@H]1CCCCN1Cc1nc2c(c(=O)n(C)c(=O)n2C)n1Cc1ccc(Cl)cc1Cl. The van der Waals surface area contributed by atoms with Crippen LogP contribution in [-0.2, 0) is 27.2 Å². The fraction of sp³-hybridized carbons (Fsp3) is 0.476. The van der Waals surface area contributed by atoms with Crippen molar-refractivity contribution in [3.8, 4) is 0 Å². The monoisotopic (exact) mass is 449 g/mol. The van der Waals surface area contributed by atoms with Crippen LogP contribution in [0.2, 0.25) is 10.0 Å². The molecule has 1 atom stereocenters. The molecule has 1 saturated heterocycles. The van der Waals surface area contributed by atoms with Crippen LogP contribution in [0.4, 0.5) is 0 Å². The molecule has 0 aliphatic carbocycles. The van der Waals surface area contributed by atoms with Gasteiger partial charge in [-0.2, -0.15) is 0 Å². The summed E-state index contributed by atoms with van der Waals surface area (Å²) in [6.07, 6.45) is 3.51. The summed E-state index contributed by atoms with van der Waals surface area (Å²) in [5.41, 5.74) is 0.894. The van der Waals surface area contributed by atoms with Crippen LogP contribution < -0.4 is 11.2 Å². The summed E-state index contributed by atoms with van der Waals surface area (Å²) in [6, 6.07) is 5.77. The third-order valence-corrected chi connectivity index (χ3v) is 6.64. The molecule has 2 aromatic heterocycles. The van der Waals surface area contributed by atoms with Crippen molar-refractivity contribution < 1.29 is 0 Å². The highest BCUT2D eigenvalue weighted by atomic mass is 35.5. The third kappa shape index (κ3) is 3.70. The largest absolute Gasteiger partial charge is 0.332 e. The lowest BCUT2D eigenvalue weighted by Crippen LogP contribution is -2.38. The first-order chi connectivity index (χ1) is 14.3. The number of hydrogen-bond acceptors (Lipinski definition) is 4. The van der Waals surface area contributed by atoms with E-state index in [4.69, 9.17) is 28.2 Å². The van der Waals surface area contributed by atoms with Gasteiger partial charge in [-0.15, -0.1) is 0 Å². The molecule has 0 N–H and O–H groups in total. The Morgan fingerprint density at radius 2 is 1.87 bits per heavy atom. The Hall–Kier alpha value is -2.09. The molecular formula is C21H25Cl2N5O2. The molecular weight excluding hydrogens is 425 g/mol. The molecule has 0 unspecified atom stereocenters. The van der Waals surface area contributed by atoms with E-state index in [1.165, 1.54) is 18.0 Å². The van der Waals surface area contributed by atoms with Crippen molar-refractivity contribution in [2.45, 2.75) is 45.3 Å². The normalized spacial score (nSPS) is 17.7. The van der Waals surface area contributed by atoms with Crippen molar-refractivity contribution >= 4 is 34.4 Å². The molecule has 160 valence electrons. The molecule has 1 aliphatic heterocycles. The Kier molecular flexibility index (Phi) is 5.79. The number of benzene rings is 1. The number of halogens is 2. The van der Waals surface area contributed by atoms with Crippen molar-refractivity contribution in [2.75, 3.05) is 6.54 Å². The molecule has 0 bridgehead atoms. The molecule has 0 spiro atoms. The number of fused-ring (bicyclic) bond motifs is 1. The van der Waals surface area contributed by atoms with Gasteiger partial charge < -0.3 is 4.57 Å². The van der Waals surface area contributed by atoms with Gasteiger partial charge in [0.2, 0.25) is 0 Å². The Labute approximate surface area is 184 Å². The number of aryl methyl sites for hydroxylation is 1. The van der Waals surface area contributed by atoms with E-state index < -0.39 is 0 Å². The van der Waals surface area contributed by atoms with Gasteiger partial charge in [0.25, 0.3) is 5.56 Å². The van der Waals surface area contributed by atoms with Gasteiger partial charge in [-0.25, -0.2) is 9.78 Å². The van der Waals surface area contributed by atoms with E-state index in [0.717, 1.165) is 35.3 Å². The summed E-state index contributed by atoms with van der Waals surface area (Å²) >= 11 is 12.5. The predicted octanol–water partition coefficient (Wildman–Crippen LogP) is 3.16. The molecule has 1 aromatic carbocycles. The Bertz CT molecular complexity index is 1230. The van der Waals surface area contributed by atoms with Crippen LogP contribution in [0.15, 0.2) is 27.8 Å². The Morgan fingerprint density at radius 3 is 2.57 bits per heavy atom. The second kappa shape index (κ2) is 8.21. The number of nitrogens with zero attached hydrogens (tertiary/aromatic N) is 5. The van der Waals surface area contributed by atoms with Gasteiger partial charge in [0, 0.05) is 30.2 Å². The van der Waals surface area contributed by atoms with Crippen molar-refractivity contribution in [3.05, 3.63) is 60.5 Å². The molecule has 3 heterocycles. The van der Waals surface area contributed by atoms with E-state index in [0.29, 0.717) is 40.3 Å². The highest BCUT2D eigenvalue weighted by Gasteiger charge is 2.24. The van der Waals surface area contributed by atoms with Gasteiger partial charge >= 0.3 is 5.69 Å². The molecule has 1 fully saturated rings. The number of likely N-dealkylation sites (tertiary alicyclic amines) is 1. The minimum atomic E-state index is -0.389. The molecule has 0 amide bonds. The lowest BCUT2D eigenvalue weighted by Gasteiger charge is -2.33. The lowest BCUT2D eigenvalue weighted by atomic mass is 10.0. The predicted molar refractivity (Wildman–Crippen MR) is 120 cm³/mol. The molecule has 0 saturated carbocycles. The number of aromatic nitrogens is 4. The molecule has 7 nitrogen and oxygen atoms in total. The fourth-order valence-corrected chi connectivity index (χ4v) is 4.65. The van der Waals surface area contributed by atoms with Gasteiger partial charge in [0.05, 0.1) is 13.1 Å². The maximum absolute atomic E-state index is 13.0. The molecule has 4 rings (SSSR count). The number of hydrogen-bond donors (Lipinski definition) is 0. The van der Waals surface area contributed by atoms with Crippen molar-refractivity contribution in [2.24, 2.45) is 14.1 Å². The third-order valence-electron chi connectivity index (χ3n) is 6.06. The molecule has 3 aromatic rings. The van der Waals surface area contributed by atoms with Crippen molar-refractivity contribution in [1.29, 1.82) is 0 Å². The van der Waals surface area contributed by atoms with Crippen LogP contribution in [0.3, 0.4) is 0 Å². The molecule has 0 radical (unpaired) electrons. The van der Waals surface area contributed by atoms with Gasteiger partial charge in [0.15, 0.2) is 11.2 Å². The average Bonchev–Trinajstić information content (AvgIpc) is 3.07. The zero-order valence-corrected chi connectivity index (χ0v) is 18.9. The van der Waals surface area contributed by atoms with Crippen LogP contribution in [-0.4, -0.2) is 36.2 Å². The van der Waals surface area contributed by atoms with E-state index >= 15 is 0 Å². The average molecular weight is 450 g/mol. The summed E-state index contributed by atoms with van der Waals surface area (Å²) in [5.74, 6) is 0.753. The summed E-state index contributed by atoms with van der Waals surface area (Å²) in [5, 5.41) is 1.09. The summed E-state index contributed by atoms with van der Waals surface area (Å²) in [4.78, 5) is 32.6. The lowest BCUT2D eigenvalue weighted by molar-refractivity contribution is 0.147. The van der Waals surface area contributed by atoms with Gasteiger partial charge in [-0.3, -0.25) is 18.8 Å². The Balaban J connectivity index is 1.90. The minimum Gasteiger partial charge on any atom is -0.316 e. The maximum atomic E-state index is 13.0. The van der Waals surface area contributed by atoms with Gasteiger partial charge in [-0.05, 0) is 44.0 Å². The van der Waals surface area contributed by atoms with Crippen LogP contribution >= 0.6 is 23.2 Å². The van der Waals surface area contributed by atoms with E-state index in [-0.39, 0.29) is 11.2 Å². The van der Waals surface area contributed by atoms with Crippen molar-refractivity contribution in [3.63, 3.8) is 0 Å². The standard InChI is InChI=1S/C21H25Cl2N5O2/c1-13-6-4-5-9-27(13)12-17-24-19-18(20(29)26(3)21(30)25(19)2)28(17)11-14-7-8-15(22)10-16(14)23/h7-8,10,13H,4-6,9,11-12H2,1-3H3/t13-/m0/s1. The molecule has 30 heavy (non-hydrogen) atoms. The van der Waals surface area contributed by atoms with E-state index in [1.54, 1.807) is 19.2 Å². The molecule has 9 heteroatoms. The summed E-state index contributed by atoms with van der Waals surface area (Å²) in [7, 11) is 3.13. The van der Waals surface area contributed by atoms with Gasteiger partial charge in [0.1, 0.15) is 5.82 Å². The molecule has 1 aliphatic rings. The Morgan fingerprint density at radius 1 is 1.10 bits per heavy atom.